The molecular weight excluding hydrogens is 530 g/mol. The van der Waals surface area contributed by atoms with Crippen molar-refractivity contribution >= 4 is 14.3 Å². The third-order valence-electron chi connectivity index (χ3n) is 8.12. The molecule has 0 saturated heterocycles. The lowest BCUT2D eigenvalue weighted by atomic mass is 9.97. The number of carboxylic acids is 1. The summed E-state index contributed by atoms with van der Waals surface area (Å²) in [7, 11) is -2.12. The zero-order valence-electron chi connectivity index (χ0n) is 25.6. The van der Waals surface area contributed by atoms with Crippen LogP contribution >= 0.6 is 0 Å². The maximum atomic E-state index is 11.5. The molecule has 0 spiro atoms. The average molecular weight is 578 g/mol. The Morgan fingerprint density at radius 1 is 0.927 bits per heavy atom. The van der Waals surface area contributed by atoms with Crippen molar-refractivity contribution in [1.29, 1.82) is 0 Å². The van der Waals surface area contributed by atoms with Gasteiger partial charge in [0.25, 0.3) is 0 Å². The average Bonchev–Trinajstić information content (AvgIpc) is 2.93. The third kappa shape index (κ3) is 9.26. The molecule has 0 amide bonds. The van der Waals surface area contributed by atoms with Crippen LogP contribution in [0.25, 0.3) is 0 Å². The van der Waals surface area contributed by atoms with Crippen LogP contribution in [0.1, 0.15) is 74.5 Å². The molecule has 7 heteroatoms. The highest BCUT2D eigenvalue weighted by molar-refractivity contribution is 6.74. The van der Waals surface area contributed by atoms with Crippen LogP contribution in [0.4, 0.5) is 0 Å². The van der Waals surface area contributed by atoms with Crippen molar-refractivity contribution < 1.29 is 24.2 Å². The van der Waals surface area contributed by atoms with Crippen LogP contribution in [0.5, 0.6) is 5.75 Å². The molecular formula is C34H47NO5Si. The molecule has 3 aromatic carbocycles. The molecule has 1 unspecified atom stereocenters. The number of hydrogen-bond acceptors (Lipinski definition) is 5. The summed E-state index contributed by atoms with van der Waals surface area (Å²) in [6.45, 7) is 16.0. The molecule has 3 N–H and O–H groups in total. The number of carbonyl (C=O) groups is 1. The predicted octanol–water partition coefficient (Wildman–Crippen LogP) is 7.23. The third-order valence-corrected chi connectivity index (χ3v) is 12.6. The summed E-state index contributed by atoms with van der Waals surface area (Å²) in [4.78, 5) is 11.5. The topological polar surface area (TPSA) is 88.0 Å². The minimum absolute atomic E-state index is 0.0384. The Kier molecular flexibility index (Phi) is 11.3. The molecule has 0 radical (unpaired) electrons. The molecule has 222 valence electrons. The standard InChI is InChI=1S/C34H47NO5Si/c1-24(18-27-14-11-15-28(19-27)25(2)33(37)38)35-21-32(40-41(6,7)34(3,4)5)29-16-17-31(30(20-29)22-36)39-23-26-12-9-8-10-13-26/h8-17,19-20,24-25,32,35-36H,18,21-23H2,1-7H3,(H,37,38)/t24-,25?,32+/m1/s1. The highest BCUT2D eigenvalue weighted by Gasteiger charge is 2.39. The first-order valence-corrected chi connectivity index (χ1v) is 17.3. The molecule has 0 saturated carbocycles. The molecule has 0 aromatic heterocycles. The second kappa shape index (κ2) is 14.3. The molecule has 0 aliphatic rings. The monoisotopic (exact) mass is 577 g/mol. The summed E-state index contributed by atoms with van der Waals surface area (Å²) >= 11 is 0. The Balaban J connectivity index is 1.77. The lowest BCUT2D eigenvalue weighted by Gasteiger charge is -2.40. The Morgan fingerprint density at radius 3 is 2.24 bits per heavy atom. The fourth-order valence-electron chi connectivity index (χ4n) is 4.43. The smallest absolute Gasteiger partial charge is 0.310 e. The van der Waals surface area contributed by atoms with E-state index in [1.807, 2.05) is 72.8 Å². The molecule has 0 aliphatic heterocycles. The van der Waals surface area contributed by atoms with E-state index in [0.717, 1.165) is 34.2 Å². The second-order valence-corrected chi connectivity index (χ2v) is 17.2. The first-order chi connectivity index (χ1) is 19.3. The number of aliphatic hydroxyl groups is 1. The summed E-state index contributed by atoms with van der Waals surface area (Å²) < 4.78 is 13.0. The molecule has 3 rings (SSSR count). The molecule has 6 nitrogen and oxygen atoms in total. The minimum atomic E-state index is -2.12. The number of ether oxygens (including phenoxy) is 1. The fraction of sp³-hybridized carbons (Fsp3) is 0.441. The van der Waals surface area contributed by atoms with E-state index in [0.29, 0.717) is 18.9 Å². The number of hydrogen-bond donors (Lipinski definition) is 3. The van der Waals surface area contributed by atoms with Crippen LogP contribution in [0.3, 0.4) is 0 Å². The van der Waals surface area contributed by atoms with Crippen molar-refractivity contribution in [1.82, 2.24) is 5.32 Å². The zero-order chi connectivity index (χ0) is 30.2. The van der Waals surface area contributed by atoms with Gasteiger partial charge in [0.15, 0.2) is 8.32 Å². The van der Waals surface area contributed by atoms with Gasteiger partial charge in [-0.1, -0.05) is 81.4 Å². The van der Waals surface area contributed by atoms with Gasteiger partial charge in [-0.2, -0.15) is 0 Å². The van der Waals surface area contributed by atoms with Crippen molar-refractivity contribution in [3.8, 4) is 5.75 Å². The molecule has 41 heavy (non-hydrogen) atoms. The van der Waals surface area contributed by atoms with Crippen LogP contribution < -0.4 is 10.1 Å². The molecule has 3 aromatic rings. The van der Waals surface area contributed by atoms with Crippen LogP contribution in [-0.2, 0) is 28.9 Å². The summed E-state index contributed by atoms with van der Waals surface area (Å²) in [6, 6.07) is 23.9. The quantitative estimate of drug-likeness (QED) is 0.175. The van der Waals surface area contributed by atoms with Crippen molar-refractivity contribution in [2.45, 2.75) is 90.4 Å². The van der Waals surface area contributed by atoms with Crippen LogP contribution in [-0.4, -0.2) is 37.1 Å². The second-order valence-electron chi connectivity index (χ2n) is 12.5. The lowest BCUT2D eigenvalue weighted by molar-refractivity contribution is -0.138. The van der Waals surface area contributed by atoms with Gasteiger partial charge in [0.1, 0.15) is 12.4 Å². The van der Waals surface area contributed by atoms with Gasteiger partial charge in [-0.3, -0.25) is 4.79 Å². The Bertz CT molecular complexity index is 1270. The highest BCUT2D eigenvalue weighted by atomic mass is 28.4. The van der Waals surface area contributed by atoms with Crippen molar-refractivity contribution in [2.24, 2.45) is 0 Å². The maximum absolute atomic E-state index is 11.5. The van der Waals surface area contributed by atoms with Gasteiger partial charge in [0.05, 0.1) is 18.6 Å². The Labute approximate surface area is 246 Å². The van der Waals surface area contributed by atoms with Gasteiger partial charge in [0, 0.05) is 18.2 Å². The highest BCUT2D eigenvalue weighted by Crippen LogP contribution is 2.40. The SMILES string of the molecule is CC(C(=O)O)c1cccc(C[C@@H](C)NC[C@H](O[Si](C)(C)C(C)(C)C)c2ccc(OCc3ccccc3)c(CO)c2)c1. The minimum Gasteiger partial charge on any atom is -0.489 e. The Morgan fingerprint density at radius 2 is 1.61 bits per heavy atom. The van der Waals surface area contributed by atoms with Gasteiger partial charge in [-0.15, -0.1) is 0 Å². The summed E-state index contributed by atoms with van der Waals surface area (Å²) in [5.41, 5.74) is 4.72. The van der Waals surface area contributed by atoms with Crippen LogP contribution in [0, 0.1) is 0 Å². The number of nitrogens with one attached hydrogen (secondary N) is 1. The van der Waals surface area contributed by atoms with E-state index in [1.54, 1.807) is 6.92 Å². The van der Waals surface area contributed by atoms with Crippen LogP contribution in [0.2, 0.25) is 18.1 Å². The molecule has 3 atom stereocenters. The molecule has 0 bridgehead atoms. The number of rotatable bonds is 14. The van der Waals surface area contributed by atoms with Crippen LogP contribution in [0.15, 0.2) is 72.8 Å². The zero-order valence-corrected chi connectivity index (χ0v) is 26.6. The van der Waals surface area contributed by atoms with E-state index in [-0.39, 0.29) is 23.8 Å². The van der Waals surface area contributed by atoms with E-state index in [2.05, 4.69) is 46.1 Å². The van der Waals surface area contributed by atoms with E-state index < -0.39 is 20.2 Å². The van der Waals surface area contributed by atoms with E-state index >= 15 is 0 Å². The van der Waals surface area contributed by atoms with Gasteiger partial charge in [-0.25, -0.2) is 0 Å². The van der Waals surface area contributed by atoms with Crippen molar-refractivity contribution in [2.75, 3.05) is 6.54 Å². The summed E-state index contributed by atoms with van der Waals surface area (Å²) in [6.07, 6.45) is 0.561. The van der Waals surface area contributed by atoms with Gasteiger partial charge < -0.3 is 24.7 Å². The summed E-state index contributed by atoms with van der Waals surface area (Å²) in [5.74, 6) is -0.693. The number of aliphatic carboxylic acids is 1. The number of benzene rings is 3. The van der Waals surface area contributed by atoms with E-state index in [4.69, 9.17) is 9.16 Å². The summed E-state index contributed by atoms with van der Waals surface area (Å²) in [5, 5.41) is 23.3. The normalized spacial score (nSPS) is 14.3. The fourth-order valence-corrected chi connectivity index (χ4v) is 5.71. The Hall–Kier alpha value is -2.97. The molecule has 0 heterocycles. The molecule has 0 aliphatic carbocycles. The predicted molar refractivity (Wildman–Crippen MR) is 168 cm³/mol. The first-order valence-electron chi connectivity index (χ1n) is 14.4. The van der Waals surface area contributed by atoms with E-state index in [1.165, 1.54) is 0 Å². The lowest BCUT2D eigenvalue weighted by Crippen LogP contribution is -2.44. The first kappa shape index (κ1) is 32.5. The number of carboxylic acid groups (broad SMARTS) is 1. The van der Waals surface area contributed by atoms with Crippen molar-refractivity contribution in [3.63, 3.8) is 0 Å². The van der Waals surface area contributed by atoms with Crippen molar-refractivity contribution in [3.05, 3.63) is 101 Å². The van der Waals surface area contributed by atoms with E-state index in [9.17, 15) is 15.0 Å². The van der Waals surface area contributed by atoms with Gasteiger partial charge >= 0.3 is 5.97 Å². The largest absolute Gasteiger partial charge is 0.489 e. The maximum Gasteiger partial charge on any atom is 0.310 e. The molecule has 0 fully saturated rings. The number of aliphatic hydroxyl groups excluding tert-OH is 1. The van der Waals surface area contributed by atoms with Gasteiger partial charge in [-0.05, 0) is 72.8 Å². The van der Waals surface area contributed by atoms with Gasteiger partial charge in [0.2, 0.25) is 0 Å².